The van der Waals surface area contributed by atoms with Gasteiger partial charge in [-0.2, -0.15) is 0 Å². The Bertz CT molecular complexity index is 559. The molecule has 1 heterocycles. The van der Waals surface area contributed by atoms with Gasteiger partial charge in [-0.25, -0.2) is 9.37 Å². The van der Waals surface area contributed by atoms with E-state index in [1.54, 1.807) is 25.6 Å². The van der Waals surface area contributed by atoms with E-state index in [-0.39, 0.29) is 5.82 Å². The first-order valence-corrected chi connectivity index (χ1v) is 7.12. The number of aromatic nitrogens is 2. The topological polar surface area (TPSA) is 39.1 Å². The quantitative estimate of drug-likeness (QED) is 0.786. The van der Waals surface area contributed by atoms with Crippen LogP contribution in [0.15, 0.2) is 35.2 Å². The minimum Gasteiger partial charge on any atom is -0.383 e. The number of halogens is 2. The maximum absolute atomic E-state index is 13.7. The molecule has 0 saturated heterocycles. The third-order valence-electron chi connectivity index (χ3n) is 2.84. The summed E-state index contributed by atoms with van der Waals surface area (Å²) in [5, 5.41) is 3.22. The van der Waals surface area contributed by atoms with E-state index in [1.807, 2.05) is 10.8 Å². The Labute approximate surface area is 126 Å². The summed E-state index contributed by atoms with van der Waals surface area (Å²) >= 11 is 3.35. The minimum atomic E-state index is -0.207. The number of nitrogens with one attached hydrogen (secondary N) is 1. The molecule has 1 N–H and O–H groups in total. The Morgan fingerprint density at radius 3 is 3.10 bits per heavy atom. The predicted molar refractivity (Wildman–Crippen MR) is 79.0 cm³/mol. The lowest BCUT2D eigenvalue weighted by atomic mass is 10.2. The van der Waals surface area contributed by atoms with E-state index < -0.39 is 0 Å². The molecule has 0 atom stereocenters. The number of imidazole rings is 1. The van der Waals surface area contributed by atoms with E-state index in [2.05, 4.69) is 26.2 Å². The van der Waals surface area contributed by atoms with Gasteiger partial charge in [-0.3, -0.25) is 0 Å². The second kappa shape index (κ2) is 7.52. The molecule has 0 unspecified atom stereocenters. The average molecular weight is 342 g/mol. The highest BCUT2D eigenvalue weighted by Crippen LogP contribution is 2.16. The molecule has 6 heteroatoms. The van der Waals surface area contributed by atoms with E-state index in [9.17, 15) is 4.39 Å². The van der Waals surface area contributed by atoms with Crippen LogP contribution < -0.4 is 5.32 Å². The summed E-state index contributed by atoms with van der Waals surface area (Å²) in [5.41, 5.74) is 1.56. The lowest BCUT2D eigenvalue weighted by Gasteiger charge is -2.05. The second-order valence-electron chi connectivity index (χ2n) is 4.44. The summed E-state index contributed by atoms with van der Waals surface area (Å²) in [7, 11) is 1.67. The van der Waals surface area contributed by atoms with Gasteiger partial charge >= 0.3 is 0 Å². The Hall–Kier alpha value is -1.24. The molecular weight excluding hydrogens is 325 g/mol. The number of hydrogen-bond donors (Lipinski definition) is 1. The summed E-state index contributed by atoms with van der Waals surface area (Å²) in [6.45, 7) is 2.60. The summed E-state index contributed by atoms with van der Waals surface area (Å²) in [5.74, 6) is -0.207. The third kappa shape index (κ3) is 4.40. The van der Waals surface area contributed by atoms with Crippen molar-refractivity contribution in [3.05, 3.63) is 52.3 Å². The van der Waals surface area contributed by atoms with E-state index >= 15 is 0 Å². The lowest BCUT2D eigenvalue weighted by molar-refractivity contribution is 0.199. The molecule has 0 aliphatic carbocycles. The second-order valence-corrected chi connectivity index (χ2v) is 5.36. The van der Waals surface area contributed by atoms with Crippen LogP contribution in [0.5, 0.6) is 0 Å². The molecule has 1 aromatic carbocycles. The van der Waals surface area contributed by atoms with Gasteiger partial charge in [-0.15, -0.1) is 0 Å². The van der Waals surface area contributed by atoms with Gasteiger partial charge < -0.3 is 14.6 Å². The van der Waals surface area contributed by atoms with Crippen LogP contribution in [0.4, 0.5) is 4.39 Å². The van der Waals surface area contributed by atoms with Gasteiger partial charge in [0.25, 0.3) is 0 Å². The highest BCUT2D eigenvalue weighted by atomic mass is 79.9. The van der Waals surface area contributed by atoms with Gasteiger partial charge in [0.15, 0.2) is 0 Å². The van der Waals surface area contributed by atoms with Crippen molar-refractivity contribution in [2.75, 3.05) is 20.3 Å². The van der Waals surface area contributed by atoms with Crippen LogP contribution in [0, 0.1) is 5.82 Å². The van der Waals surface area contributed by atoms with Crippen molar-refractivity contribution in [1.82, 2.24) is 14.9 Å². The van der Waals surface area contributed by atoms with Gasteiger partial charge in [0.05, 0.1) is 25.2 Å². The first-order valence-electron chi connectivity index (χ1n) is 6.33. The molecule has 0 amide bonds. The standard InChI is InChI=1S/C14H17BrFN3O/c1-20-5-4-17-7-13-9-19(10-18-13)8-11-6-12(15)2-3-14(11)16/h2-3,6,9-10,17H,4-5,7-8H2,1H3. The molecule has 108 valence electrons. The molecule has 0 radical (unpaired) electrons. The Morgan fingerprint density at radius 2 is 2.30 bits per heavy atom. The van der Waals surface area contributed by atoms with Crippen LogP contribution in [0.3, 0.4) is 0 Å². The van der Waals surface area contributed by atoms with Gasteiger partial charge in [-0.1, -0.05) is 15.9 Å². The number of rotatable bonds is 7. The SMILES string of the molecule is COCCNCc1cn(Cc2cc(Br)ccc2F)cn1. The monoisotopic (exact) mass is 341 g/mol. The maximum atomic E-state index is 13.7. The smallest absolute Gasteiger partial charge is 0.128 e. The number of hydrogen-bond acceptors (Lipinski definition) is 3. The zero-order chi connectivity index (χ0) is 14.4. The van der Waals surface area contributed by atoms with Crippen LogP contribution in [0.2, 0.25) is 0 Å². The van der Waals surface area contributed by atoms with Crippen molar-refractivity contribution in [2.45, 2.75) is 13.1 Å². The molecule has 2 rings (SSSR count). The number of nitrogens with zero attached hydrogens (tertiary/aromatic N) is 2. The van der Waals surface area contributed by atoms with Gasteiger partial charge in [0, 0.05) is 36.4 Å². The molecule has 0 spiro atoms. The van der Waals surface area contributed by atoms with Gasteiger partial charge in [0.2, 0.25) is 0 Å². The van der Waals surface area contributed by atoms with E-state index in [1.165, 1.54) is 6.07 Å². The third-order valence-corrected chi connectivity index (χ3v) is 3.33. The Morgan fingerprint density at radius 1 is 1.45 bits per heavy atom. The summed E-state index contributed by atoms with van der Waals surface area (Å²) in [6.07, 6.45) is 3.63. The Kier molecular flexibility index (Phi) is 5.70. The zero-order valence-corrected chi connectivity index (χ0v) is 12.9. The normalized spacial score (nSPS) is 10.9. The van der Waals surface area contributed by atoms with Gasteiger partial charge in [0.1, 0.15) is 5.82 Å². The number of ether oxygens (including phenoxy) is 1. The fraction of sp³-hybridized carbons (Fsp3) is 0.357. The highest BCUT2D eigenvalue weighted by molar-refractivity contribution is 9.10. The largest absolute Gasteiger partial charge is 0.383 e. The molecule has 0 saturated carbocycles. The summed E-state index contributed by atoms with van der Waals surface area (Å²) < 4.78 is 21.4. The van der Waals surface area contributed by atoms with Crippen LogP contribution in [0.1, 0.15) is 11.3 Å². The number of benzene rings is 1. The molecule has 20 heavy (non-hydrogen) atoms. The first-order chi connectivity index (χ1) is 9.69. The van der Waals surface area contributed by atoms with Crippen molar-refractivity contribution in [3.8, 4) is 0 Å². The Balaban J connectivity index is 1.93. The van der Waals surface area contributed by atoms with Crippen LogP contribution in [0.25, 0.3) is 0 Å². The van der Waals surface area contributed by atoms with Gasteiger partial charge in [-0.05, 0) is 18.2 Å². The van der Waals surface area contributed by atoms with Crippen LogP contribution in [-0.4, -0.2) is 29.8 Å². The summed E-state index contributed by atoms with van der Waals surface area (Å²) in [6, 6.07) is 4.94. The molecule has 0 aliphatic heterocycles. The maximum Gasteiger partial charge on any atom is 0.128 e. The fourth-order valence-corrected chi connectivity index (χ4v) is 2.24. The lowest BCUT2D eigenvalue weighted by Crippen LogP contribution is -2.18. The van der Waals surface area contributed by atoms with Crippen molar-refractivity contribution in [3.63, 3.8) is 0 Å². The summed E-state index contributed by atoms with van der Waals surface area (Å²) in [4.78, 5) is 4.29. The molecule has 0 bridgehead atoms. The van der Waals surface area contributed by atoms with Crippen LogP contribution >= 0.6 is 15.9 Å². The van der Waals surface area contributed by atoms with E-state index in [0.29, 0.717) is 25.3 Å². The van der Waals surface area contributed by atoms with Crippen LogP contribution in [-0.2, 0) is 17.8 Å². The average Bonchev–Trinajstić information content (AvgIpc) is 2.87. The van der Waals surface area contributed by atoms with Crippen molar-refractivity contribution in [1.29, 1.82) is 0 Å². The van der Waals surface area contributed by atoms with Crippen molar-refractivity contribution in [2.24, 2.45) is 0 Å². The number of methoxy groups -OCH3 is 1. The fourth-order valence-electron chi connectivity index (χ4n) is 1.84. The molecule has 0 aliphatic rings. The molecule has 4 nitrogen and oxygen atoms in total. The minimum absolute atomic E-state index is 0.207. The van der Waals surface area contributed by atoms with Crippen molar-refractivity contribution >= 4 is 15.9 Å². The molecule has 0 fully saturated rings. The van der Waals surface area contributed by atoms with Crippen molar-refractivity contribution < 1.29 is 9.13 Å². The molecule has 2 aromatic rings. The molecule has 1 aromatic heterocycles. The zero-order valence-electron chi connectivity index (χ0n) is 11.3. The van der Waals surface area contributed by atoms with E-state index in [0.717, 1.165) is 16.7 Å². The highest BCUT2D eigenvalue weighted by Gasteiger charge is 2.05. The first kappa shape index (κ1) is 15.2. The molecular formula is C14H17BrFN3O. The predicted octanol–water partition coefficient (Wildman–Crippen LogP) is 2.57. The van der Waals surface area contributed by atoms with E-state index in [4.69, 9.17) is 4.74 Å².